The van der Waals surface area contributed by atoms with Crippen molar-refractivity contribution >= 4 is 27.5 Å². The highest BCUT2D eigenvalue weighted by molar-refractivity contribution is 6.10. The van der Waals surface area contributed by atoms with E-state index in [4.69, 9.17) is 0 Å². The fraction of sp³-hybridized carbons (Fsp3) is 0.167. The first-order valence-electron chi connectivity index (χ1n) is 11.4. The molecule has 4 aromatic rings. The molecule has 0 aliphatic rings. The summed E-state index contributed by atoms with van der Waals surface area (Å²) >= 11 is 0. The molecule has 36 heavy (non-hydrogen) atoms. The van der Waals surface area contributed by atoms with E-state index in [0.717, 1.165) is 5.56 Å². The highest BCUT2D eigenvalue weighted by Gasteiger charge is 2.26. The lowest BCUT2D eigenvalue weighted by Gasteiger charge is -2.26. The van der Waals surface area contributed by atoms with E-state index >= 15 is 0 Å². The van der Waals surface area contributed by atoms with E-state index in [0.29, 0.717) is 38.2 Å². The van der Waals surface area contributed by atoms with Crippen LogP contribution in [0.1, 0.15) is 51.8 Å². The van der Waals surface area contributed by atoms with Gasteiger partial charge in [-0.05, 0) is 57.3 Å². The first-order valence-corrected chi connectivity index (χ1v) is 11.4. The van der Waals surface area contributed by atoms with E-state index in [1.165, 1.54) is 0 Å². The lowest BCUT2D eigenvalue weighted by atomic mass is 9.82. The summed E-state index contributed by atoms with van der Waals surface area (Å²) in [6.07, 6.45) is 0. The van der Waals surface area contributed by atoms with Crippen molar-refractivity contribution < 1.29 is 4.79 Å². The van der Waals surface area contributed by atoms with E-state index in [2.05, 4.69) is 24.3 Å². The molecular weight excluding hydrogens is 446 g/mol. The Morgan fingerprint density at radius 3 is 1.69 bits per heavy atom. The number of carbonyl (C=O) groups is 1. The van der Waals surface area contributed by atoms with Crippen LogP contribution in [0.3, 0.4) is 0 Å². The van der Waals surface area contributed by atoms with Gasteiger partial charge in [-0.15, -0.1) is 0 Å². The summed E-state index contributed by atoms with van der Waals surface area (Å²) < 4.78 is 0. The highest BCUT2D eigenvalue weighted by atomic mass is 16.2. The van der Waals surface area contributed by atoms with Gasteiger partial charge in [-0.1, -0.05) is 60.7 Å². The molecule has 172 valence electrons. The molecule has 6 heteroatoms. The van der Waals surface area contributed by atoms with Gasteiger partial charge in [0.2, 0.25) is 0 Å². The second kappa shape index (κ2) is 9.99. The minimum absolute atomic E-state index is 0.187. The Morgan fingerprint density at radius 1 is 0.694 bits per heavy atom. The molecule has 0 saturated carbocycles. The minimum atomic E-state index is -1.10. The van der Waals surface area contributed by atoms with Crippen LogP contribution in [0.4, 0.5) is 0 Å². The van der Waals surface area contributed by atoms with Gasteiger partial charge < -0.3 is 4.90 Å². The maximum atomic E-state index is 13.5. The van der Waals surface area contributed by atoms with Gasteiger partial charge in [-0.25, -0.2) is 0 Å². The zero-order valence-corrected chi connectivity index (χ0v) is 19.8. The molecule has 0 unspecified atom stereocenters. The van der Waals surface area contributed by atoms with Gasteiger partial charge in [0.05, 0.1) is 30.3 Å². The van der Waals surface area contributed by atoms with Crippen LogP contribution < -0.4 is 0 Å². The van der Waals surface area contributed by atoms with Crippen LogP contribution in [0.15, 0.2) is 72.8 Å². The first kappa shape index (κ1) is 24.0. The zero-order chi connectivity index (χ0) is 25.8. The van der Waals surface area contributed by atoms with Crippen molar-refractivity contribution in [1.82, 2.24) is 4.90 Å². The Hall–Kier alpha value is -5.17. The van der Waals surface area contributed by atoms with E-state index in [1.54, 1.807) is 54.4 Å². The summed E-state index contributed by atoms with van der Waals surface area (Å²) in [5, 5.41) is 41.3. The van der Waals surface area contributed by atoms with E-state index in [-0.39, 0.29) is 11.9 Å². The predicted octanol–water partition coefficient (Wildman–Crippen LogP) is 6.09. The lowest BCUT2D eigenvalue weighted by Crippen LogP contribution is -2.29. The number of amides is 1. The van der Waals surface area contributed by atoms with Gasteiger partial charge in [0.25, 0.3) is 5.91 Å². The molecule has 4 rings (SSSR count). The van der Waals surface area contributed by atoms with Crippen LogP contribution in [0, 0.1) is 45.3 Å². The summed E-state index contributed by atoms with van der Waals surface area (Å²) in [5.41, 5.74) is 2.35. The van der Waals surface area contributed by atoms with Gasteiger partial charge in [0, 0.05) is 12.6 Å². The van der Waals surface area contributed by atoms with Crippen molar-refractivity contribution in [3.63, 3.8) is 0 Å². The van der Waals surface area contributed by atoms with E-state index in [9.17, 15) is 25.8 Å². The van der Waals surface area contributed by atoms with Gasteiger partial charge in [0.15, 0.2) is 11.8 Å². The summed E-state index contributed by atoms with van der Waals surface area (Å²) in [6, 6.07) is 29.9. The number of rotatable bonds is 5. The van der Waals surface area contributed by atoms with E-state index in [1.807, 2.05) is 37.3 Å². The molecule has 0 radical (unpaired) electrons. The number of hydrogen-bond acceptors (Lipinski definition) is 5. The summed E-state index contributed by atoms with van der Waals surface area (Å²) in [4.78, 5) is 15.1. The summed E-state index contributed by atoms with van der Waals surface area (Å²) in [5.74, 6) is -2.38. The maximum absolute atomic E-state index is 13.5. The molecule has 0 fully saturated rings. The highest BCUT2D eigenvalue weighted by Crippen LogP contribution is 2.40. The Balaban J connectivity index is 1.99. The second-order valence-electron chi connectivity index (χ2n) is 8.52. The van der Waals surface area contributed by atoms with Gasteiger partial charge >= 0.3 is 0 Å². The fourth-order valence-electron chi connectivity index (χ4n) is 4.65. The van der Waals surface area contributed by atoms with Crippen molar-refractivity contribution in [3.8, 4) is 24.3 Å². The van der Waals surface area contributed by atoms with Crippen LogP contribution in [0.5, 0.6) is 0 Å². The molecule has 0 aliphatic heterocycles. The molecule has 1 atom stereocenters. The number of fused-ring (bicyclic) bond motifs is 2. The van der Waals surface area contributed by atoms with Crippen molar-refractivity contribution in [2.75, 3.05) is 7.05 Å². The van der Waals surface area contributed by atoms with Crippen molar-refractivity contribution in [1.29, 1.82) is 21.0 Å². The molecule has 0 N–H and O–H groups in total. The Morgan fingerprint density at radius 2 is 1.17 bits per heavy atom. The molecule has 0 saturated heterocycles. The quantitative estimate of drug-likeness (QED) is 0.329. The molecular formula is C30H21N5O. The average molecular weight is 468 g/mol. The SMILES string of the molecule is C[C@H](c1ccccc1)N(C)C(=O)c1ccc2c(C(C#N)C#N)c3ccccc3c(C(C#N)C#N)c2c1. The number of hydrogen-bond donors (Lipinski definition) is 0. The number of nitriles is 4. The Labute approximate surface area is 209 Å². The number of carbonyl (C=O) groups excluding carboxylic acids is 1. The molecule has 0 bridgehead atoms. The third kappa shape index (κ3) is 3.99. The Kier molecular flexibility index (Phi) is 6.65. The summed E-state index contributed by atoms with van der Waals surface area (Å²) in [6.45, 7) is 1.94. The first-order chi connectivity index (χ1) is 17.5. The molecule has 1 amide bonds. The van der Waals surface area contributed by atoms with Crippen molar-refractivity contribution in [3.05, 3.63) is 95.1 Å². The van der Waals surface area contributed by atoms with Crippen molar-refractivity contribution in [2.24, 2.45) is 0 Å². The van der Waals surface area contributed by atoms with E-state index < -0.39 is 11.8 Å². The Bertz CT molecular complexity index is 1620. The smallest absolute Gasteiger partial charge is 0.254 e. The standard InChI is InChI=1S/C30H21N5O/c1-19(20-8-4-3-5-9-20)35(2)30(36)21-12-13-26-27(14-21)29(23(17-33)18-34)25-11-7-6-10-24(25)28(26)22(15-31)16-32/h3-14,19,22-23H,1-2H3/t19-/m1/s1. The third-order valence-electron chi connectivity index (χ3n) is 6.63. The maximum Gasteiger partial charge on any atom is 0.254 e. The molecule has 0 spiro atoms. The zero-order valence-electron chi connectivity index (χ0n) is 19.8. The van der Waals surface area contributed by atoms with Gasteiger partial charge in [-0.3, -0.25) is 4.79 Å². The van der Waals surface area contributed by atoms with Crippen LogP contribution in [-0.2, 0) is 0 Å². The minimum Gasteiger partial charge on any atom is -0.335 e. The average Bonchev–Trinajstić information content (AvgIpc) is 2.94. The largest absolute Gasteiger partial charge is 0.335 e. The number of nitrogens with zero attached hydrogens (tertiary/aromatic N) is 5. The number of benzene rings is 4. The molecule has 0 aliphatic carbocycles. The lowest BCUT2D eigenvalue weighted by molar-refractivity contribution is 0.0743. The summed E-state index contributed by atoms with van der Waals surface area (Å²) in [7, 11) is 1.73. The van der Waals surface area contributed by atoms with Gasteiger partial charge in [0.1, 0.15) is 0 Å². The normalized spacial score (nSPS) is 11.4. The second-order valence-corrected chi connectivity index (χ2v) is 8.52. The predicted molar refractivity (Wildman–Crippen MR) is 136 cm³/mol. The van der Waals surface area contributed by atoms with Crippen LogP contribution in [0.25, 0.3) is 21.5 Å². The van der Waals surface area contributed by atoms with Crippen molar-refractivity contribution in [2.45, 2.75) is 24.8 Å². The topological polar surface area (TPSA) is 115 Å². The van der Waals surface area contributed by atoms with Crippen LogP contribution in [-0.4, -0.2) is 17.9 Å². The van der Waals surface area contributed by atoms with Crippen LogP contribution >= 0.6 is 0 Å². The molecule has 6 nitrogen and oxygen atoms in total. The van der Waals surface area contributed by atoms with Crippen LogP contribution in [0.2, 0.25) is 0 Å². The monoisotopic (exact) mass is 467 g/mol. The molecule has 4 aromatic carbocycles. The molecule has 0 aromatic heterocycles. The molecule has 0 heterocycles. The fourth-order valence-corrected chi connectivity index (χ4v) is 4.65. The van der Waals surface area contributed by atoms with Gasteiger partial charge in [-0.2, -0.15) is 21.0 Å². The third-order valence-corrected chi connectivity index (χ3v) is 6.63.